The van der Waals surface area contributed by atoms with Crippen molar-refractivity contribution in [2.45, 2.75) is 13.0 Å². The molecular formula is C8H23N3O3Si. The fourth-order valence-corrected chi connectivity index (χ4v) is 3.23. The largest absolute Gasteiger partial charge is 0.552 e. The van der Waals surface area contributed by atoms with Crippen LogP contribution in [0.15, 0.2) is 0 Å². The van der Waals surface area contributed by atoms with Gasteiger partial charge in [0.25, 0.3) is 0 Å². The Bertz CT molecular complexity index is 152. The van der Waals surface area contributed by atoms with E-state index < -0.39 is 8.80 Å². The van der Waals surface area contributed by atoms with Crippen LogP contribution < -0.4 is 0 Å². The second kappa shape index (κ2) is 6.54. The van der Waals surface area contributed by atoms with Crippen molar-refractivity contribution in [3.8, 4) is 0 Å². The summed E-state index contributed by atoms with van der Waals surface area (Å²) in [4.78, 5) is 0. The minimum Gasteiger partial charge on any atom is -0.284 e. The van der Waals surface area contributed by atoms with Gasteiger partial charge in [-0.25, -0.2) is 15.2 Å². The van der Waals surface area contributed by atoms with Gasteiger partial charge in [0.15, 0.2) is 0 Å². The number of hydroxylamine groups is 6. The molecule has 0 N–H and O–H groups in total. The van der Waals surface area contributed by atoms with Gasteiger partial charge in [0.2, 0.25) is 0 Å². The molecule has 0 aromatic heterocycles. The Labute approximate surface area is 93.5 Å². The Morgan fingerprint density at radius 3 is 1.13 bits per heavy atom. The normalized spacial score (nSPS) is 13.2. The highest BCUT2D eigenvalue weighted by Crippen LogP contribution is 2.17. The summed E-state index contributed by atoms with van der Waals surface area (Å²) in [6.07, 6.45) is 0. The Balaban J connectivity index is 4.59. The molecule has 0 spiro atoms. The van der Waals surface area contributed by atoms with E-state index >= 15 is 0 Å². The van der Waals surface area contributed by atoms with Gasteiger partial charge >= 0.3 is 8.80 Å². The molecule has 0 amide bonds. The quantitative estimate of drug-likeness (QED) is 0.472. The monoisotopic (exact) mass is 237 g/mol. The summed E-state index contributed by atoms with van der Waals surface area (Å²) in [5.41, 5.74) is 0. The van der Waals surface area contributed by atoms with Gasteiger partial charge in [-0.2, -0.15) is 0 Å². The van der Waals surface area contributed by atoms with Gasteiger partial charge in [-0.05, 0) is 0 Å². The van der Waals surface area contributed by atoms with Crippen molar-refractivity contribution in [1.29, 1.82) is 0 Å². The summed E-state index contributed by atoms with van der Waals surface area (Å²) in [5, 5.41) is 4.84. The molecule has 0 aromatic carbocycles. The van der Waals surface area contributed by atoms with Gasteiger partial charge in [0.1, 0.15) is 0 Å². The molecule has 0 radical (unpaired) electrons. The fourth-order valence-electron chi connectivity index (χ4n) is 1.08. The number of hydrogen-bond acceptors (Lipinski definition) is 6. The lowest BCUT2D eigenvalue weighted by Crippen LogP contribution is -2.53. The van der Waals surface area contributed by atoms with E-state index in [1.165, 1.54) is 0 Å². The molecule has 0 rings (SSSR count). The molecule has 0 atom stereocenters. The predicted octanol–water partition coefficient (Wildman–Crippen LogP) is 0.425. The lowest BCUT2D eigenvalue weighted by atomic mass is 11.0. The molecule has 0 bridgehead atoms. The van der Waals surface area contributed by atoms with Crippen molar-refractivity contribution in [3.63, 3.8) is 0 Å². The maximum absolute atomic E-state index is 5.65. The summed E-state index contributed by atoms with van der Waals surface area (Å²) < 4.78 is 17.0. The van der Waals surface area contributed by atoms with E-state index in [4.69, 9.17) is 13.6 Å². The van der Waals surface area contributed by atoms with Crippen LogP contribution in [0.2, 0.25) is 6.04 Å². The second-order valence-electron chi connectivity index (χ2n) is 3.75. The molecule has 0 unspecified atom stereocenters. The Hall–Kier alpha value is -0.0231. The zero-order chi connectivity index (χ0) is 12.1. The minimum atomic E-state index is -2.68. The molecule has 15 heavy (non-hydrogen) atoms. The third-order valence-corrected chi connectivity index (χ3v) is 4.19. The zero-order valence-corrected chi connectivity index (χ0v) is 11.8. The highest BCUT2D eigenvalue weighted by atomic mass is 28.4. The number of hydrogen-bond donors (Lipinski definition) is 0. The van der Waals surface area contributed by atoms with E-state index in [0.717, 1.165) is 0 Å². The first-order chi connectivity index (χ1) is 6.81. The minimum absolute atomic E-state index is 0.696. The van der Waals surface area contributed by atoms with Crippen LogP contribution in [0.1, 0.15) is 6.92 Å². The van der Waals surface area contributed by atoms with Crippen LogP contribution in [0.5, 0.6) is 0 Å². The van der Waals surface area contributed by atoms with Crippen molar-refractivity contribution >= 4 is 8.80 Å². The Morgan fingerprint density at radius 2 is 1.00 bits per heavy atom. The maximum Gasteiger partial charge on any atom is 0.552 e. The summed E-state index contributed by atoms with van der Waals surface area (Å²) in [6.45, 7) is 1.99. The molecule has 0 aliphatic heterocycles. The highest BCUT2D eigenvalue weighted by molar-refractivity contribution is 6.60. The van der Waals surface area contributed by atoms with Crippen LogP contribution in [0, 0.1) is 0 Å². The molecule has 0 aromatic rings. The molecule has 92 valence electrons. The van der Waals surface area contributed by atoms with Gasteiger partial charge in [0, 0.05) is 48.3 Å². The molecule has 0 aliphatic rings. The van der Waals surface area contributed by atoms with E-state index in [1.807, 2.05) is 49.2 Å². The van der Waals surface area contributed by atoms with Crippen LogP contribution >= 0.6 is 0 Å². The molecule has 0 aliphatic carbocycles. The van der Waals surface area contributed by atoms with E-state index in [9.17, 15) is 0 Å². The average molecular weight is 237 g/mol. The SMILES string of the molecule is CC[Si](ON(C)C)(ON(C)C)ON(C)C. The van der Waals surface area contributed by atoms with Crippen LogP contribution in [-0.2, 0) is 13.6 Å². The van der Waals surface area contributed by atoms with Crippen molar-refractivity contribution in [1.82, 2.24) is 15.2 Å². The Kier molecular flexibility index (Phi) is 6.53. The first kappa shape index (κ1) is 15.0. The van der Waals surface area contributed by atoms with Gasteiger partial charge in [0.05, 0.1) is 0 Å². The zero-order valence-electron chi connectivity index (χ0n) is 10.8. The summed E-state index contributed by atoms with van der Waals surface area (Å²) in [6, 6.07) is 0.696. The van der Waals surface area contributed by atoms with Gasteiger partial charge in [-0.3, -0.25) is 13.6 Å². The van der Waals surface area contributed by atoms with Crippen molar-refractivity contribution in [2.75, 3.05) is 42.3 Å². The summed E-state index contributed by atoms with van der Waals surface area (Å²) >= 11 is 0. The lowest BCUT2D eigenvalue weighted by Gasteiger charge is -2.33. The fraction of sp³-hybridized carbons (Fsp3) is 1.00. The van der Waals surface area contributed by atoms with E-state index in [2.05, 4.69) is 0 Å². The van der Waals surface area contributed by atoms with Crippen LogP contribution in [0.25, 0.3) is 0 Å². The van der Waals surface area contributed by atoms with Crippen LogP contribution in [-0.4, -0.2) is 66.3 Å². The van der Waals surface area contributed by atoms with E-state index in [0.29, 0.717) is 6.04 Å². The van der Waals surface area contributed by atoms with Crippen molar-refractivity contribution in [3.05, 3.63) is 0 Å². The van der Waals surface area contributed by atoms with Gasteiger partial charge < -0.3 is 0 Å². The average Bonchev–Trinajstić information content (AvgIpc) is 1.99. The third-order valence-electron chi connectivity index (χ3n) is 1.40. The van der Waals surface area contributed by atoms with Gasteiger partial charge in [-0.15, -0.1) is 0 Å². The first-order valence-electron chi connectivity index (χ1n) is 4.90. The highest BCUT2D eigenvalue weighted by Gasteiger charge is 2.44. The Morgan fingerprint density at radius 1 is 0.733 bits per heavy atom. The standard InChI is InChI=1S/C8H23N3O3Si/c1-8-15(12-9(2)3,13-10(4)5)14-11(6)7/h8H2,1-7H3. The van der Waals surface area contributed by atoms with Crippen molar-refractivity contribution in [2.24, 2.45) is 0 Å². The van der Waals surface area contributed by atoms with E-state index in [-0.39, 0.29) is 0 Å². The molecule has 0 heterocycles. The molecule has 7 heteroatoms. The second-order valence-corrected chi connectivity index (χ2v) is 6.37. The molecule has 0 fully saturated rings. The summed E-state index contributed by atoms with van der Waals surface area (Å²) in [7, 11) is 8.21. The lowest BCUT2D eigenvalue weighted by molar-refractivity contribution is -0.192. The van der Waals surface area contributed by atoms with Crippen molar-refractivity contribution < 1.29 is 13.6 Å². The molecule has 0 saturated heterocycles. The van der Waals surface area contributed by atoms with Crippen LogP contribution in [0.3, 0.4) is 0 Å². The van der Waals surface area contributed by atoms with Crippen LogP contribution in [0.4, 0.5) is 0 Å². The molecule has 6 nitrogen and oxygen atoms in total. The van der Waals surface area contributed by atoms with E-state index in [1.54, 1.807) is 15.2 Å². The first-order valence-corrected chi connectivity index (χ1v) is 6.84. The predicted molar refractivity (Wildman–Crippen MR) is 60.6 cm³/mol. The topological polar surface area (TPSA) is 37.4 Å². The molecular weight excluding hydrogens is 214 g/mol. The third kappa shape index (κ3) is 6.20. The van der Waals surface area contributed by atoms with Gasteiger partial charge in [-0.1, -0.05) is 6.92 Å². The number of rotatable bonds is 7. The smallest absolute Gasteiger partial charge is 0.284 e. The summed E-state index contributed by atoms with van der Waals surface area (Å²) in [5.74, 6) is 0. The molecule has 0 saturated carbocycles. The maximum atomic E-state index is 5.65. The number of nitrogens with zero attached hydrogens (tertiary/aromatic N) is 3.